The molecule has 0 bridgehead atoms. The lowest BCUT2D eigenvalue weighted by Crippen LogP contribution is -2.13. The Labute approximate surface area is 147 Å². The Morgan fingerprint density at radius 1 is 1.12 bits per heavy atom. The molecule has 3 rings (SSSR count). The topological polar surface area (TPSA) is 76.7 Å². The molecule has 3 aromatic rings. The van der Waals surface area contributed by atoms with Gasteiger partial charge in [-0.2, -0.15) is 13.2 Å². The van der Waals surface area contributed by atoms with E-state index in [-0.39, 0.29) is 11.6 Å². The summed E-state index contributed by atoms with van der Waals surface area (Å²) in [6.07, 6.45) is -1.06. The molecule has 0 aliphatic rings. The average Bonchev–Trinajstić information content (AvgIpc) is 2.93. The van der Waals surface area contributed by atoms with Crippen LogP contribution < -0.4 is 5.32 Å². The van der Waals surface area contributed by atoms with Crippen LogP contribution in [0.3, 0.4) is 0 Å². The van der Waals surface area contributed by atoms with Crippen LogP contribution in [0.5, 0.6) is 0 Å². The third-order valence-electron chi connectivity index (χ3n) is 3.82. The first kappa shape index (κ1) is 17.8. The molecule has 0 unspecified atom stereocenters. The summed E-state index contributed by atoms with van der Waals surface area (Å²) in [6.45, 7) is 4.00. The Morgan fingerprint density at radius 2 is 1.85 bits per heavy atom. The number of hydrogen-bond donors (Lipinski definition) is 1. The summed E-state index contributed by atoms with van der Waals surface area (Å²) in [5.74, 6) is 0.786. The first-order valence-corrected chi connectivity index (χ1v) is 7.87. The second kappa shape index (κ2) is 7.11. The summed E-state index contributed by atoms with van der Waals surface area (Å²) in [6, 6.07) is 4.02. The lowest BCUT2D eigenvalue weighted by molar-refractivity contribution is -0.141. The third kappa shape index (κ3) is 3.98. The summed E-state index contributed by atoms with van der Waals surface area (Å²) >= 11 is 0. The molecule has 26 heavy (non-hydrogen) atoms. The van der Waals surface area contributed by atoms with Crippen LogP contribution in [0.4, 0.5) is 19.0 Å². The van der Waals surface area contributed by atoms with Gasteiger partial charge in [0.1, 0.15) is 11.6 Å². The fourth-order valence-corrected chi connectivity index (χ4v) is 2.49. The smallest absolute Gasteiger partial charge is 0.370 e. The van der Waals surface area contributed by atoms with Crippen LogP contribution in [0.25, 0.3) is 11.4 Å². The van der Waals surface area contributed by atoms with Gasteiger partial charge < -0.3 is 9.84 Å². The zero-order valence-corrected chi connectivity index (χ0v) is 14.1. The van der Waals surface area contributed by atoms with E-state index in [9.17, 15) is 13.2 Å². The molecule has 0 spiro atoms. The van der Waals surface area contributed by atoms with Gasteiger partial charge in [-0.3, -0.25) is 4.98 Å². The minimum absolute atomic E-state index is 0.0120. The van der Waals surface area contributed by atoms with Gasteiger partial charge in [-0.1, -0.05) is 5.16 Å². The van der Waals surface area contributed by atoms with Crippen molar-refractivity contribution in [1.82, 2.24) is 20.1 Å². The Hall–Kier alpha value is -2.97. The molecule has 136 valence electrons. The average molecular weight is 363 g/mol. The van der Waals surface area contributed by atoms with Gasteiger partial charge in [-0.05, 0) is 32.4 Å². The number of aromatic nitrogens is 4. The lowest BCUT2D eigenvalue weighted by atomic mass is 10.1. The number of halogens is 3. The van der Waals surface area contributed by atoms with E-state index in [4.69, 9.17) is 4.52 Å². The quantitative estimate of drug-likeness (QED) is 0.743. The molecule has 1 N–H and O–H groups in total. The molecule has 3 heterocycles. The molecule has 0 saturated heterocycles. The van der Waals surface area contributed by atoms with Crippen molar-refractivity contribution in [2.75, 3.05) is 11.9 Å². The SMILES string of the molecule is Cc1noc(C)c1CCNc1cc(C(F)(F)F)nc(-c2ccncc2)n1. The molecule has 0 radical (unpaired) electrons. The van der Waals surface area contributed by atoms with Gasteiger partial charge in [-0.25, -0.2) is 9.97 Å². The highest BCUT2D eigenvalue weighted by atomic mass is 19.4. The van der Waals surface area contributed by atoms with Crippen molar-refractivity contribution in [2.45, 2.75) is 26.4 Å². The number of hydrogen-bond acceptors (Lipinski definition) is 6. The second-order valence-corrected chi connectivity index (χ2v) is 5.68. The van der Waals surface area contributed by atoms with E-state index in [1.807, 2.05) is 6.92 Å². The first-order valence-electron chi connectivity index (χ1n) is 7.87. The maximum atomic E-state index is 13.2. The molecule has 0 aromatic carbocycles. The number of nitrogens with one attached hydrogen (secondary N) is 1. The van der Waals surface area contributed by atoms with Crippen LogP contribution in [0.2, 0.25) is 0 Å². The highest BCUT2D eigenvalue weighted by Crippen LogP contribution is 2.30. The zero-order chi connectivity index (χ0) is 18.7. The molecule has 0 atom stereocenters. The Kier molecular flexibility index (Phi) is 4.88. The molecular weight excluding hydrogens is 347 g/mol. The van der Waals surface area contributed by atoms with E-state index in [2.05, 4.69) is 25.4 Å². The van der Waals surface area contributed by atoms with E-state index >= 15 is 0 Å². The number of aryl methyl sites for hydroxylation is 2. The van der Waals surface area contributed by atoms with Crippen molar-refractivity contribution in [3.05, 3.63) is 53.3 Å². The van der Waals surface area contributed by atoms with Gasteiger partial charge in [-0.15, -0.1) is 0 Å². The number of pyridine rings is 1. The fraction of sp³-hybridized carbons (Fsp3) is 0.294. The van der Waals surface area contributed by atoms with E-state index in [1.165, 1.54) is 12.4 Å². The Morgan fingerprint density at radius 3 is 2.46 bits per heavy atom. The van der Waals surface area contributed by atoms with E-state index < -0.39 is 11.9 Å². The number of rotatable bonds is 5. The highest BCUT2D eigenvalue weighted by molar-refractivity contribution is 5.57. The summed E-state index contributed by atoms with van der Waals surface area (Å²) in [5.41, 5.74) is 1.15. The zero-order valence-electron chi connectivity index (χ0n) is 14.1. The highest BCUT2D eigenvalue weighted by Gasteiger charge is 2.33. The van der Waals surface area contributed by atoms with Crippen molar-refractivity contribution in [3.8, 4) is 11.4 Å². The molecule has 3 aromatic heterocycles. The second-order valence-electron chi connectivity index (χ2n) is 5.68. The largest absolute Gasteiger partial charge is 0.433 e. The van der Waals surface area contributed by atoms with E-state index in [0.717, 1.165) is 17.3 Å². The van der Waals surface area contributed by atoms with Gasteiger partial charge in [0.2, 0.25) is 0 Å². The van der Waals surface area contributed by atoms with Crippen molar-refractivity contribution >= 4 is 5.82 Å². The van der Waals surface area contributed by atoms with Gasteiger partial charge in [0, 0.05) is 36.1 Å². The molecular formula is C17H16F3N5O. The predicted molar refractivity (Wildman–Crippen MR) is 88.4 cm³/mol. The van der Waals surface area contributed by atoms with Crippen molar-refractivity contribution in [2.24, 2.45) is 0 Å². The minimum Gasteiger partial charge on any atom is -0.370 e. The van der Waals surface area contributed by atoms with Crippen LogP contribution in [0, 0.1) is 13.8 Å². The van der Waals surface area contributed by atoms with Gasteiger partial charge in [0.25, 0.3) is 0 Å². The first-order chi connectivity index (χ1) is 12.3. The van der Waals surface area contributed by atoms with Crippen LogP contribution >= 0.6 is 0 Å². The summed E-state index contributed by atoms with van der Waals surface area (Å²) in [5, 5.41) is 6.78. The summed E-state index contributed by atoms with van der Waals surface area (Å²) in [4.78, 5) is 11.7. The number of anilines is 1. The van der Waals surface area contributed by atoms with Crippen LogP contribution in [-0.2, 0) is 12.6 Å². The molecule has 0 fully saturated rings. The number of alkyl halides is 3. The van der Waals surface area contributed by atoms with Crippen LogP contribution in [0.1, 0.15) is 22.7 Å². The van der Waals surface area contributed by atoms with Gasteiger partial charge >= 0.3 is 6.18 Å². The maximum absolute atomic E-state index is 13.2. The number of nitrogens with zero attached hydrogens (tertiary/aromatic N) is 4. The molecule has 0 aliphatic carbocycles. The monoisotopic (exact) mass is 363 g/mol. The lowest BCUT2D eigenvalue weighted by Gasteiger charge is -2.12. The Balaban J connectivity index is 1.84. The Bertz CT molecular complexity index is 874. The molecule has 6 nitrogen and oxygen atoms in total. The predicted octanol–water partition coefficient (Wildman–Crippen LogP) is 3.82. The standard InChI is InChI=1S/C17H16F3N5O/c1-10-13(11(2)26-25-10)5-8-22-15-9-14(17(18,19)20)23-16(24-15)12-3-6-21-7-4-12/h3-4,6-7,9H,5,8H2,1-2H3,(H,22,23,24). The van der Waals surface area contributed by atoms with Crippen molar-refractivity contribution < 1.29 is 17.7 Å². The molecule has 0 saturated carbocycles. The van der Waals surface area contributed by atoms with E-state index in [0.29, 0.717) is 24.3 Å². The minimum atomic E-state index is -4.57. The van der Waals surface area contributed by atoms with Crippen molar-refractivity contribution in [1.29, 1.82) is 0 Å². The third-order valence-corrected chi connectivity index (χ3v) is 3.82. The van der Waals surface area contributed by atoms with Gasteiger partial charge in [0.15, 0.2) is 11.5 Å². The summed E-state index contributed by atoms with van der Waals surface area (Å²) < 4.78 is 44.6. The summed E-state index contributed by atoms with van der Waals surface area (Å²) in [7, 11) is 0. The van der Waals surface area contributed by atoms with Gasteiger partial charge in [0.05, 0.1) is 5.69 Å². The van der Waals surface area contributed by atoms with Crippen LogP contribution in [0.15, 0.2) is 35.1 Å². The maximum Gasteiger partial charge on any atom is 0.433 e. The molecule has 0 aliphatic heterocycles. The van der Waals surface area contributed by atoms with Crippen molar-refractivity contribution in [3.63, 3.8) is 0 Å². The molecule has 9 heteroatoms. The van der Waals surface area contributed by atoms with E-state index in [1.54, 1.807) is 19.1 Å². The molecule has 0 amide bonds. The fourth-order valence-electron chi connectivity index (χ4n) is 2.49. The van der Waals surface area contributed by atoms with Crippen LogP contribution in [-0.4, -0.2) is 26.7 Å². The normalized spacial score (nSPS) is 11.6.